The summed E-state index contributed by atoms with van der Waals surface area (Å²) in [6.07, 6.45) is 4.45. The van der Waals surface area contributed by atoms with Crippen molar-refractivity contribution in [2.75, 3.05) is 0 Å². The summed E-state index contributed by atoms with van der Waals surface area (Å²) in [5, 5.41) is 10.1. The number of thiophene rings is 1. The Bertz CT molecular complexity index is 913. The first-order valence-corrected chi connectivity index (χ1v) is 9.75. The number of aryl methyl sites for hydroxylation is 2. The molecule has 1 aromatic carbocycles. The molecular weight excluding hydrogens is 352 g/mol. The maximum Gasteiger partial charge on any atom is 0.196 e. The standard InChI is InChI=1S/C21H21ClO2S/c1-10-7-12(8-15(22)19(10)24)5-6-16(23)20-13-9-14-18(21(14,3)4)17(13)11(2)25-20/h5-8,14,18,24H,9H2,1-4H3/b6-5+/t14?,18-/m1/s1. The Labute approximate surface area is 157 Å². The molecule has 1 N–H and O–H groups in total. The predicted octanol–water partition coefficient (Wildman–Crippen LogP) is 5.92. The highest BCUT2D eigenvalue weighted by Crippen LogP contribution is 2.71. The highest BCUT2D eigenvalue weighted by molar-refractivity contribution is 7.14. The molecule has 4 rings (SSSR count). The van der Waals surface area contributed by atoms with E-state index in [1.54, 1.807) is 36.5 Å². The lowest BCUT2D eigenvalue weighted by atomic mass is 9.94. The number of rotatable bonds is 3. The number of hydrogen-bond acceptors (Lipinski definition) is 3. The van der Waals surface area contributed by atoms with Crippen molar-refractivity contribution in [3.05, 3.63) is 55.2 Å². The first kappa shape index (κ1) is 16.9. The van der Waals surface area contributed by atoms with E-state index in [9.17, 15) is 9.90 Å². The number of phenolic OH excluding ortho intramolecular Hbond substituents is 1. The summed E-state index contributed by atoms with van der Waals surface area (Å²) in [4.78, 5) is 14.9. The Hall–Kier alpha value is -1.58. The molecule has 0 saturated heterocycles. The number of carbonyl (C=O) groups is 1. The van der Waals surface area contributed by atoms with Crippen LogP contribution in [-0.4, -0.2) is 10.9 Å². The number of benzene rings is 1. The smallest absolute Gasteiger partial charge is 0.196 e. The van der Waals surface area contributed by atoms with Crippen LogP contribution in [0.3, 0.4) is 0 Å². The lowest BCUT2D eigenvalue weighted by molar-refractivity contribution is 0.105. The van der Waals surface area contributed by atoms with Crippen LogP contribution in [0, 0.1) is 25.2 Å². The molecule has 1 saturated carbocycles. The molecule has 4 heteroatoms. The van der Waals surface area contributed by atoms with Gasteiger partial charge < -0.3 is 5.11 Å². The van der Waals surface area contributed by atoms with Gasteiger partial charge in [-0.1, -0.05) is 31.5 Å². The van der Waals surface area contributed by atoms with Gasteiger partial charge in [0.05, 0.1) is 9.90 Å². The maximum atomic E-state index is 12.8. The fourth-order valence-corrected chi connectivity index (χ4v) is 5.86. The van der Waals surface area contributed by atoms with Gasteiger partial charge in [0.15, 0.2) is 5.78 Å². The predicted molar refractivity (Wildman–Crippen MR) is 104 cm³/mol. The highest BCUT2D eigenvalue weighted by Gasteiger charge is 2.63. The van der Waals surface area contributed by atoms with Crippen LogP contribution in [0.4, 0.5) is 0 Å². The largest absolute Gasteiger partial charge is 0.506 e. The number of fused-ring (bicyclic) bond motifs is 3. The van der Waals surface area contributed by atoms with Gasteiger partial charge in [-0.3, -0.25) is 4.79 Å². The Morgan fingerprint density at radius 3 is 2.76 bits per heavy atom. The Balaban J connectivity index is 1.62. The second kappa shape index (κ2) is 5.46. The minimum absolute atomic E-state index is 0.0651. The number of phenols is 1. The molecule has 25 heavy (non-hydrogen) atoms. The van der Waals surface area contributed by atoms with Gasteiger partial charge in [0.2, 0.25) is 0 Å². The number of carbonyl (C=O) groups excluding carboxylic acids is 1. The molecule has 2 atom stereocenters. The maximum absolute atomic E-state index is 12.8. The van der Waals surface area contributed by atoms with Crippen LogP contribution < -0.4 is 0 Å². The van der Waals surface area contributed by atoms with Crippen molar-refractivity contribution < 1.29 is 9.90 Å². The lowest BCUT2D eigenvalue weighted by Gasteiger charge is -2.09. The van der Waals surface area contributed by atoms with Crippen molar-refractivity contribution in [1.82, 2.24) is 0 Å². The third-order valence-electron chi connectivity index (χ3n) is 5.95. The zero-order valence-corrected chi connectivity index (χ0v) is 16.4. The van der Waals surface area contributed by atoms with E-state index in [1.165, 1.54) is 16.0 Å². The number of aromatic hydroxyl groups is 1. The van der Waals surface area contributed by atoms with E-state index in [2.05, 4.69) is 20.8 Å². The topological polar surface area (TPSA) is 37.3 Å². The summed E-state index contributed by atoms with van der Waals surface area (Å²) in [6.45, 7) is 8.61. The Morgan fingerprint density at radius 2 is 2.08 bits per heavy atom. The van der Waals surface area contributed by atoms with Crippen LogP contribution in [0.15, 0.2) is 18.2 Å². The summed E-state index contributed by atoms with van der Waals surface area (Å²) in [7, 11) is 0. The molecule has 1 unspecified atom stereocenters. The fourth-order valence-electron chi connectivity index (χ4n) is 4.44. The van der Waals surface area contributed by atoms with Crippen LogP contribution in [0.5, 0.6) is 5.75 Å². The number of hydrogen-bond donors (Lipinski definition) is 1. The SMILES string of the molecule is Cc1cc(/C=C/C(=O)c2sc(C)c3c2CC2[C@H]3C2(C)C)cc(Cl)c1O. The van der Waals surface area contributed by atoms with Crippen molar-refractivity contribution in [2.24, 2.45) is 11.3 Å². The summed E-state index contributed by atoms with van der Waals surface area (Å²) in [6, 6.07) is 3.50. The van der Waals surface area contributed by atoms with Gasteiger partial charge in [0.1, 0.15) is 5.75 Å². The molecule has 0 spiro atoms. The van der Waals surface area contributed by atoms with Gasteiger partial charge in [-0.05, 0) is 78.0 Å². The first-order chi connectivity index (χ1) is 11.7. The van der Waals surface area contributed by atoms with Crippen LogP contribution in [0.2, 0.25) is 5.02 Å². The molecule has 2 aliphatic carbocycles. The molecule has 1 aromatic heterocycles. The quantitative estimate of drug-likeness (QED) is 0.536. The van der Waals surface area contributed by atoms with E-state index in [0.29, 0.717) is 27.8 Å². The van der Waals surface area contributed by atoms with Gasteiger partial charge in [-0.25, -0.2) is 0 Å². The van der Waals surface area contributed by atoms with E-state index < -0.39 is 0 Å². The van der Waals surface area contributed by atoms with Crippen LogP contribution in [0.25, 0.3) is 6.08 Å². The first-order valence-electron chi connectivity index (χ1n) is 8.55. The number of halogens is 1. The van der Waals surface area contributed by atoms with Crippen LogP contribution in [-0.2, 0) is 6.42 Å². The lowest BCUT2D eigenvalue weighted by Crippen LogP contribution is -2.02. The molecular formula is C21H21ClO2S. The van der Waals surface area contributed by atoms with Gasteiger partial charge in [-0.2, -0.15) is 0 Å². The Morgan fingerprint density at radius 1 is 1.36 bits per heavy atom. The molecule has 1 heterocycles. The van der Waals surface area contributed by atoms with E-state index in [4.69, 9.17) is 11.6 Å². The summed E-state index contributed by atoms with van der Waals surface area (Å²) >= 11 is 7.65. The van der Waals surface area contributed by atoms with Crippen LogP contribution in [0.1, 0.15) is 56.6 Å². The van der Waals surface area contributed by atoms with Crippen molar-refractivity contribution in [1.29, 1.82) is 0 Å². The van der Waals surface area contributed by atoms with Crippen molar-refractivity contribution in [2.45, 2.75) is 40.0 Å². The molecule has 0 radical (unpaired) electrons. The zero-order chi connectivity index (χ0) is 18.1. The average molecular weight is 373 g/mol. The molecule has 0 aliphatic heterocycles. The molecule has 0 bridgehead atoms. The van der Waals surface area contributed by atoms with E-state index in [1.807, 2.05) is 6.07 Å². The highest BCUT2D eigenvalue weighted by atomic mass is 35.5. The van der Waals surface area contributed by atoms with Gasteiger partial charge in [0, 0.05) is 4.88 Å². The van der Waals surface area contributed by atoms with Crippen molar-refractivity contribution >= 4 is 34.8 Å². The summed E-state index contributed by atoms with van der Waals surface area (Å²) < 4.78 is 0. The average Bonchev–Trinajstić information content (AvgIpc) is 2.90. The Kier molecular flexibility index (Phi) is 3.68. The van der Waals surface area contributed by atoms with Crippen molar-refractivity contribution in [3.8, 4) is 5.75 Å². The molecule has 1 fully saturated rings. The van der Waals surface area contributed by atoms with E-state index in [-0.39, 0.29) is 11.5 Å². The van der Waals surface area contributed by atoms with Gasteiger partial charge in [-0.15, -0.1) is 11.3 Å². The molecule has 0 amide bonds. The third kappa shape index (κ3) is 2.48. The molecule has 2 aromatic rings. The molecule has 2 aliphatic rings. The second-order valence-electron chi connectivity index (χ2n) is 7.86. The normalized spacial score (nSPS) is 22.9. The summed E-state index contributed by atoms with van der Waals surface area (Å²) in [5.74, 6) is 1.51. The van der Waals surface area contributed by atoms with Gasteiger partial charge >= 0.3 is 0 Å². The van der Waals surface area contributed by atoms with Crippen molar-refractivity contribution in [3.63, 3.8) is 0 Å². The second-order valence-corrected chi connectivity index (χ2v) is 9.49. The zero-order valence-electron chi connectivity index (χ0n) is 14.8. The van der Waals surface area contributed by atoms with Gasteiger partial charge in [0.25, 0.3) is 0 Å². The fraction of sp³-hybridized carbons (Fsp3) is 0.381. The van der Waals surface area contributed by atoms with E-state index in [0.717, 1.165) is 16.9 Å². The monoisotopic (exact) mass is 372 g/mol. The van der Waals surface area contributed by atoms with Crippen LogP contribution >= 0.6 is 22.9 Å². The molecule has 2 nitrogen and oxygen atoms in total. The number of ketones is 1. The minimum Gasteiger partial charge on any atom is -0.506 e. The summed E-state index contributed by atoms with van der Waals surface area (Å²) in [5.41, 5.74) is 4.65. The molecule has 130 valence electrons. The van der Waals surface area contributed by atoms with E-state index >= 15 is 0 Å². The minimum atomic E-state index is 0.0651. The number of allylic oxidation sites excluding steroid dienone is 1. The third-order valence-corrected chi connectivity index (χ3v) is 7.41.